The summed E-state index contributed by atoms with van der Waals surface area (Å²) >= 11 is 0. The summed E-state index contributed by atoms with van der Waals surface area (Å²) in [7, 11) is 0. The van der Waals surface area contributed by atoms with Crippen LogP contribution in [0, 0.1) is 22.7 Å². The van der Waals surface area contributed by atoms with Crippen LogP contribution < -0.4 is 0 Å². The van der Waals surface area contributed by atoms with Gasteiger partial charge in [0.15, 0.2) is 0 Å². The maximum atomic E-state index is 11.2. The molecule has 0 heterocycles. The normalized spacial score (nSPS) is 43.5. The van der Waals surface area contributed by atoms with Crippen molar-refractivity contribution in [1.82, 2.24) is 0 Å². The van der Waals surface area contributed by atoms with E-state index in [1.165, 1.54) is 24.8 Å². The maximum Gasteiger partial charge on any atom is 0.145 e. The van der Waals surface area contributed by atoms with Crippen LogP contribution in [0.15, 0.2) is 23.3 Å². The number of aldehydes is 1. The van der Waals surface area contributed by atoms with E-state index in [0.717, 1.165) is 31.1 Å². The molecular weight excluding hydrogens is 272 g/mol. The first-order chi connectivity index (χ1) is 10.4. The summed E-state index contributed by atoms with van der Waals surface area (Å²) in [6.07, 6.45) is 12.4. The van der Waals surface area contributed by atoms with Gasteiger partial charge in [-0.1, -0.05) is 44.9 Å². The molecule has 3 rings (SSSR count). The Labute approximate surface area is 134 Å². The van der Waals surface area contributed by atoms with Crippen LogP contribution >= 0.6 is 0 Å². The van der Waals surface area contributed by atoms with Crippen LogP contribution in [0.25, 0.3) is 0 Å². The number of carbonyl (C=O) groups excluding carboxylic acids is 1. The van der Waals surface area contributed by atoms with Crippen molar-refractivity contribution in [2.24, 2.45) is 22.7 Å². The molecule has 0 aromatic carbocycles. The molecule has 2 heteroatoms. The number of carbonyl (C=O) groups is 1. The second-order valence-corrected chi connectivity index (χ2v) is 8.66. The molecule has 0 bridgehead atoms. The Hall–Kier alpha value is -0.890. The average Bonchev–Trinajstić information content (AvgIpc) is 2.41. The lowest BCUT2D eigenvalue weighted by Crippen LogP contribution is -2.49. The zero-order valence-corrected chi connectivity index (χ0v) is 14.3. The Kier molecular flexibility index (Phi) is 4.09. The van der Waals surface area contributed by atoms with E-state index < -0.39 is 6.10 Å². The van der Waals surface area contributed by atoms with Crippen molar-refractivity contribution in [1.29, 1.82) is 0 Å². The molecular formula is C20H30O2. The number of hydrogen-bond donors (Lipinski definition) is 1. The lowest BCUT2D eigenvalue weighted by atomic mass is 9.47. The van der Waals surface area contributed by atoms with Crippen LogP contribution in [0.4, 0.5) is 0 Å². The van der Waals surface area contributed by atoms with Crippen LogP contribution in [0.3, 0.4) is 0 Å². The fraction of sp³-hybridized carbons (Fsp3) is 0.750. The Balaban J connectivity index is 1.99. The van der Waals surface area contributed by atoms with Gasteiger partial charge in [-0.25, -0.2) is 0 Å². The first-order valence-corrected chi connectivity index (χ1v) is 8.88. The van der Waals surface area contributed by atoms with Crippen LogP contribution in [0.1, 0.15) is 65.7 Å². The molecule has 0 radical (unpaired) electrons. The van der Waals surface area contributed by atoms with E-state index >= 15 is 0 Å². The fourth-order valence-electron chi connectivity index (χ4n) is 5.72. The summed E-state index contributed by atoms with van der Waals surface area (Å²) in [6, 6.07) is 0. The number of allylic oxidation sites excluding steroid dienone is 2. The van der Waals surface area contributed by atoms with Crippen LogP contribution in [-0.4, -0.2) is 17.5 Å². The van der Waals surface area contributed by atoms with E-state index in [2.05, 4.69) is 32.9 Å². The predicted molar refractivity (Wildman–Crippen MR) is 89.4 cm³/mol. The fourth-order valence-corrected chi connectivity index (χ4v) is 5.72. The van der Waals surface area contributed by atoms with Gasteiger partial charge in [-0.3, -0.25) is 4.79 Å². The highest BCUT2D eigenvalue weighted by molar-refractivity contribution is 5.73. The van der Waals surface area contributed by atoms with Crippen molar-refractivity contribution in [3.63, 3.8) is 0 Å². The van der Waals surface area contributed by atoms with Crippen molar-refractivity contribution < 1.29 is 9.90 Å². The molecule has 3 aliphatic rings. The topological polar surface area (TPSA) is 37.3 Å². The molecule has 122 valence electrons. The second-order valence-electron chi connectivity index (χ2n) is 8.66. The van der Waals surface area contributed by atoms with Gasteiger partial charge in [0.1, 0.15) is 6.29 Å². The van der Waals surface area contributed by atoms with E-state index in [4.69, 9.17) is 0 Å². The first-order valence-electron chi connectivity index (χ1n) is 8.88. The SMILES string of the molecule is CC1(C)CCC[C@@]2(C)[C@@H]1CC=C1C[C@@H](O)C/C(C=O)=C/C[C@@H]12. The number of hydrogen-bond acceptors (Lipinski definition) is 2. The molecule has 0 spiro atoms. The summed E-state index contributed by atoms with van der Waals surface area (Å²) in [5.41, 5.74) is 2.94. The van der Waals surface area contributed by atoms with Gasteiger partial charge in [-0.15, -0.1) is 0 Å². The number of aliphatic hydroxyl groups excluding tert-OH is 1. The third-order valence-electron chi connectivity index (χ3n) is 6.85. The van der Waals surface area contributed by atoms with E-state index in [1.54, 1.807) is 0 Å². The molecule has 0 aromatic rings. The lowest BCUT2D eigenvalue weighted by Gasteiger charge is -2.57. The van der Waals surface area contributed by atoms with E-state index in [1.807, 2.05) is 0 Å². The number of fused-ring (bicyclic) bond motifs is 3. The third kappa shape index (κ3) is 2.60. The number of rotatable bonds is 1. The molecule has 0 amide bonds. The molecule has 1 N–H and O–H groups in total. The van der Waals surface area contributed by atoms with E-state index in [9.17, 15) is 9.90 Å². The van der Waals surface area contributed by atoms with Crippen molar-refractivity contribution in [3.8, 4) is 0 Å². The van der Waals surface area contributed by atoms with Gasteiger partial charge in [0.2, 0.25) is 0 Å². The predicted octanol–water partition coefficient (Wildman–Crippen LogP) is 4.44. The minimum Gasteiger partial charge on any atom is -0.392 e. The summed E-state index contributed by atoms with van der Waals surface area (Å²) in [5.74, 6) is 1.21. The molecule has 3 aliphatic carbocycles. The van der Waals surface area contributed by atoms with Crippen molar-refractivity contribution in [2.75, 3.05) is 0 Å². The monoisotopic (exact) mass is 302 g/mol. The van der Waals surface area contributed by atoms with Gasteiger partial charge in [0, 0.05) is 6.42 Å². The smallest absolute Gasteiger partial charge is 0.145 e. The van der Waals surface area contributed by atoms with Gasteiger partial charge in [0.05, 0.1) is 6.10 Å². The highest BCUT2D eigenvalue weighted by Crippen LogP contribution is 2.61. The Bertz CT molecular complexity index is 514. The molecule has 2 nitrogen and oxygen atoms in total. The van der Waals surface area contributed by atoms with Crippen molar-refractivity contribution in [3.05, 3.63) is 23.3 Å². The number of aliphatic hydroxyl groups is 1. The largest absolute Gasteiger partial charge is 0.392 e. The summed E-state index contributed by atoms with van der Waals surface area (Å²) in [4.78, 5) is 11.2. The lowest BCUT2D eigenvalue weighted by molar-refractivity contribution is -0.105. The minimum atomic E-state index is -0.401. The average molecular weight is 302 g/mol. The molecule has 1 saturated carbocycles. The summed E-state index contributed by atoms with van der Waals surface area (Å²) < 4.78 is 0. The third-order valence-corrected chi connectivity index (χ3v) is 6.85. The van der Waals surface area contributed by atoms with Gasteiger partial charge >= 0.3 is 0 Å². The van der Waals surface area contributed by atoms with Crippen LogP contribution in [0.2, 0.25) is 0 Å². The summed E-state index contributed by atoms with van der Waals surface area (Å²) in [5, 5.41) is 10.3. The molecule has 0 aromatic heterocycles. The maximum absolute atomic E-state index is 11.2. The van der Waals surface area contributed by atoms with Gasteiger partial charge in [-0.2, -0.15) is 0 Å². The highest BCUT2D eigenvalue weighted by Gasteiger charge is 2.52. The van der Waals surface area contributed by atoms with Gasteiger partial charge in [-0.05, 0) is 60.3 Å². The Morgan fingerprint density at radius 3 is 2.64 bits per heavy atom. The standard InChI is InChI=1S/C20H30O2/c1-19(2)9-4-10-20(3)17-7-5-14(13-21)11-16(22)12-15(17)6-8-18(19)20/h5-6,13,16-18,22H,4,7-12H2,1-3H3/b14-5-/t16-,17-,18+,20+/m0/s1. The van der Waals surface area contributed by atoms with Crippen molar-refractivity contribution in [2.45, 2.75) is 71.8 Å². The molecule has 0 aliphatic heterocycles. The molecule has 1 fully saturated rings. The first kappa shape index (κ1) is 16.0. The highest BCUT2D eigenvalue weighted by atomic mass is 16.3. The molecule has 22 heavy (non-hydrogen) atoms. The zero-order valence-electron chi connectivity index (χ0n) is 14.3. The van der Waals surface area contributed by atoms with E-state index in [0.29, 0.717) is 29.1 Å². The molecule has 0 unspecified atom stereocenters. The van der Waals surface area contributed by atoms with Gasteiger partial charge < -0.3 is 5.11 Å². The van der Waals surface area contributed by atoms with E-state index in [-0.39, 0.29) is 0 Å². The minimum absolute atomic E-state index is 0.313. The zero-order chi connectivity index (χ0) is 16.0. The quantitative estimate of drug-likeness (QED) is 0.574. The Morgan fingerprint density at radius 1 is 1.14 bits per heavy atom. The van der Waals surface area contributed by atoms with Crippen LogP contribution in [0.5, 0.6) is 0 Å². The molecule has 0 saturated heterocycles. The van der Waals surface area contributed by atoms with Crippen LogP contribution in [-0.2, 0) is 4.79 Å². The Morgan fingerprint density at radius 2 is 1.91 bits per heavy atom. The van der Waals surface area contributed by atoms with Gasteiger partial charge in [0.25, 0.3) is 0 Å². The second kappa shape index (κ2) is 5.63. The summed E-state index contributed by atoms with van der Waals surface area (Å²) in [6.45, 7) is 7.33. The van der Waals surface area contributed by atoms with Crippen molar-refractivity contribution >= 4 is 6.29 Å². The molecule has 4 atom stereocenters.